The maximum Gasteiger partial charge on any atom is 0.409 e. The van der Waals surface area contributed by atoms with Gasteiger partial charge in [0, 0.05) is 6.54 Å². The molecular weight excluding hydrogens is 266 g/mol. The lowest BCUT2D eigenvalue weighted by molar-refractivity contribution is 0.0761. The fraction of sp³-hybridized carbons (Fsp3) is 0.471. The summed E-state index contributed by atoms with van der Waals surface area (Å²) >= 11 is 0. The van der Waals surface area contributed by atoms with Crippen molar-refractivity contribution < 1.29 is 14.6 Å². The molecule has 0 aliphatic rings. The van der Waals surface area contributed by atoms with Crippen LogP contribution >= 0.6 is 0 Å². The van der Waals surface area contributed by atoms with Gasteiger partial charge in [0.2, 0.25) is 0 Å². The Hall–Kier alpha value is -1.81. The summed E-state index contributed by atoms with van der Waals surface area (Å²) in [5.74, 6) is 0. The number of amides is 1. The number of hydrogen-bond donors (Lipinski definition) is 1. The zero-order valence-electron chi connectivity index (χ0n) is 13.1. The first-order chi connectivity index (χ1) is 10.1. The number of carbonyl (C=O) groups excluding carboxylic acids is 1. The van der Waals surface area contributed by atoms with Gasteiger partial charge in [0.15, 0.2) is 0 Å². The van der Waals surface area contributed by atoms with E-state index in [1.165, 1.54) is 5.57 Å². The Labute approximate surface area is 127 Å². The van der Waals surface area contributed by atoms with Gasteiger partial charge in [-0.25, -0.2) is 4.79 Å². The van der Waals surface area contributed by atoms with Crippen LogP contribution in [0.1, 0.15) is 38.9 Å². The van der Waals surface area contributed by atoms with E-state index in [1.807, 2.05) is 50.3 Å². The maximum atomic E-state index is 12.0. The second-order valence-corrected chi connectivity index (χ2v) is 4.96. The molecule has 21 heavy (non-hydrogen) atoms. The highest BCUT2D eigenvalue weighted by molar-refractivity contribution is 5.67. The van der Waals surface area contributed by atoms with Gasteiger partial charge in [-0.15, -0.1) is 0 Å². The van der Waals surface area contributed by atoms with Gasteiger partial charge in [0.25, 0.3) is 0 Å². The summed E-state index contributed by atoms with van der Waals surface area (Å²) in [5.41, 5.74) is 2.01. The van der Waals surface area contributed by atoms with Gasteiger partial charge in [-0.1, -0.05) is 42.0 Å². The van der Waals surface area contributed by atoms with E-state index >= 15 is 0 Å². The van der Waals surface area contributed by atoms with Crippen LogP contribution in [-0.4, -0.2) is 35.8 Å². The standard InChI is InChI=1S/C17H25NO3/c1-4-14(3)11-12-18(17(20)21-5-2)13-16(19)15-9-7-6-8-10-15/h4,6-10,16,19H,5,11-13H2,1-3H3/b14-4+/t16-/m0/s1. The number of rotatable bonds is 7. The Bertz CT molecular complexity index is 456. The van der Waals surface area contributed by atoms with Gasteiger partial charge in [0.05, 0.1) is 19.3 Å². The van der Waals surface area contributed by atoms with Gasteiger partial charge in [0.1, 0.15) is 0 Å². The Morgan fingerprint density at radius 1 is 1.38 bits per heavy atom. The number of benzene rings is 1. The van der Waals surface area contributed by atoms with E-state index in [1.54, 1.807) is 11.8 Å². The van der Waals surface area contributed by atoms with E-state index in [0.717, 1.165) is 12.0 Å². The Morgan fingerprint density at radius 2 is 2.05 bits per heavy atom. The molecule has 1 N–H and O–H groups in total. The minimum absolute atomic E-state index is 0.236. The number of nitrogens with zero attached hydrogens (tertiary/aromatic N) is 1. The number of ether oxygens (including phenoxy) is 1. The molecule has 1 amide bonds. The van der Waals surface area contributed by atoms with Gasteiger partial charge in [-0.3, -0.25) is 0 Å². The molecule has 0 aliphatic carbocycles. The van der Waals surface area contributed by atoms with Gasteiger partial charge >= 0.3 is 6.09 Å². The van der Waals surface area contributed by atoms with E-state index < -0.39 is 6.10 Å². The van der Waals surface area contributed by atoms with Crippen LogP contribution in [-0.2, 0) is 4.74 Å². The SMILES string of the molecule is C/C=C(\C)CCN(C[C@H](O)c1ccccc1)C(=O)OCC. The van der Waals surface area contributed by atoms with Crippen LogP contribution in [0.15, 0.2) is 42.0 Å². The predicted molar refractivity (Wildman–Crippen MR) is 84.0 cm³/mol. The molecule has 1 rings (SSSR count). The molecule has 0 saturated carbocycles. The zero-order chi connectivity index (χ0) is 15.7. The number of aliphatic hydroxyl groups is 1. The molecule has 116 valence electrons. The summed E-state index contributed by atoms with van der Waals surface area (Å²) in [5, 5.41) is 10.3. The Morgan fingerprint density at radius 3 is 2.62 bits per heavy atom. The van der Waals surface area contributed by atoms with Crippen molar-refractivity contribution in [2.75, 3.05) is 19.7 Å². The summed E-state index contributed by atoms with van der Waals surface area (Å²) in [7, 11) is 0. The Balaban J connectivity index is 2.69. The summed E-state index contributed by atoms with van der Waals surface area (Å²) in [6.07, 6.45) is 1.71. The first kappa shape index (κ1) is 17.2. The van der Waals surface area contributed by atoms with E-state index in [9.17, 15) is 9.90 Å². The summed E-state index contributed by atoms with van der Waals surface area (Å²) in [6, 6.07) is 9.35. The molecular formula is C17H25NO3. The van der Waals surface area contributed by atoms with Gasteiger partial charge in [-0.05, 0) is 32.8 Å². The molecule has 1 atom stereocenters. The van der Waals surface area contributed by atoms with Crippen molar-refractivity contribution in [1.82, 2.24) is 4.90 Å². The molecule has 1 aromatic rings. The molecule has 4 heteroatoms. The van der Waals surface area contributed by atoms with Crippen LogP contribution in [0.4, 0.5) is 4.79 Å². The molecule has 0 heterocycles. The zero-order valence-corrected chi connectivity index (χ0v) is 13.1. The lowest BCUT2D eigenvalue weighted by Crippen LogP contribution is -2.36. The highest BCUT2D eigenvalue weighted by Gasteiger charge is 2.19. The first-order valence-corrected chi connectivity index (χ1v) is 7.35. The van der Waals surface area contributed by atoms with Crippen LogP contribution in [0, 0.1) is 0 Å². The van der Waals surface area contributed by atoms with Crippen molar-refractivity contribution in [3.8, 4) is 0 Å². The topological polar surface area (TPSA) is 49.8 Å². The van der Waals surface area contributed by atoms with E-state index in [2.05, 4.69) is 0 Å². The number of aliphatic hydroxyl groups excluding tert-OH is 1. The first-order valence-electron chi connectivity index (χ1n) is 7.35. The van der Waals surface area contributed by atoms with Crippen molar-refractivity contribution in [3.63, 3.8) is 0 Å². The second kappa shape index (κ2) is 9.19. The monoisotopic (exact) mass is 291 g/mol. The van der Waals surface area contributed by atoms with Crippen molar-refractivity contribution in [2.45, 2.75) is 33.3 Å². The van der Waals surface area contributed by atoms with Crippen LogP contribution in [0.5, 0.6) is 0 Å². The number of allylic oxidation sites excluding steroid dienone is 1. The van der Waals surface area contributed by atoms with Gasteiger partial charge < -0.3 is 14.7 Å². The molecule has 0 aromatic heterocycles. The summed E-state index contributed by atoms with van der Waals surface area (Å²) in [6.45, 7) is 6.89. The maximum absolute atomic E-state index is 12.0. The van der Waals surface area contributed by atoms with E-state index in [0.29, 0.717) is 13.2 Å². The third-order valence-corrected chi connectivity index (χ3v) is 3.37. The lowest BCUT2D eigenvalue weighted by atomic mass is 10.1. The van der Waals surface area contributed by atoms with Gasteiger partial charge in [-0.2, -0.15) is 0 Å². The Kier molecular flexibility index (Phi) is 7.54. The van der Waals surface area contributed by atoms with Crippen molar-refractivity contribution in [3.05, 3.63) is 47.5 Å². The minimum atomic E-state index is -0.707. The fourth-order valence-corrected chi connectivity index (χ4v) is 1.92. The fourth-order valence-electron chi connectivity index (χ4n) is 1.92. The average Bonchev–Trinajstić information content (AvgIpc) is 2.51. The normalized spacial score (nSPS) is 12.9. The molecule has 4 nitrogen and oxygen atoms in total. The molecule has 0 unspecified atom stereocenters. The molecule has 1 aromatic carbocycles. The quantitative estimate of drug-likeness (QED) is 0.782. The highest BCUT2D eigenvalue weighted by Crippen LogP contribution is 2.15. The van der Waals surface area contributed by atoms with Crippen LogP contribution in [0.2, 0.25) is 0 Å². The van der Waals surface area contributed by atoms with Crippen LogP contribution < -0.4 is 0 Å². The van der Waals surface area contributed by atoms with E-state index in [-0.39, 0.29) is 12.6 Å². The average molecular weight is 291 g/mol. The van der Waals surface area contributed by atoms with E-state index in [4.69, 9.17) is 4.74 Å². The third kappa shape index (κ3) is 6.00. The third-order valence-electron chi connectivity index (χ3n) is 3.37. The minimum Gasteiger partial charge on any atom is -0.450 e. The smallest absolute Gasteiger partial charge is 0.409 e. The molecule has 0 radical (unpaired) electrons. The predicted octanol–water partition coefficient (Wildman–Crippen LogP) is 3.53. The number of carbonyl (C=O) groups is 1. The van der Waals surface area contributed by atoms with Crippen LogP contribution in [0.3, 0.4) is 0 Å². The van der Waals surface area contributed by atoms with Crippen LogP contribution in [0.25, 0.3) is 0 Å². The highest BCUT2D eigenvalue weighted by atomic mass is 16.6. The second-order valence-electron chi connectivity index (χ2n) is 4.96. The molecule has 0 bridgehead atoms. The van der Waals surface area contributed by atoms with Crippen molar-refractivity contribution in [2.24, 2.45) is 0 Å². The molecule has 0 fully saturated rings. The lowest BCUT2D eigenvalue weighted by Gasteiger charge is -2.25. The largest absolute Gasteiger partial charge is 0.450 e. The summed E-state index contributed by atoms with van der Waals surface area (Å²) < 4.78 is 5.06. The number of hydrogen-bond acceptors (Lipinski definition) is 3. The molecule has 0 aliphatic heterocycles. The molecule has 0 saturated heterocycles. The van der Waals surface area contributed by atoms with Crippen molar-refractivity contribution in [1.29, 1.82) is 0 Å². The molecule has 0 spiro atoms. The summed E-state index contributed by atoms with van der Waals surface area (Å²) in [4.78, 5) is 13.5. The van der Waals surface area contributed by atoms with Crippen molar-refractivity contribution >= 4 is 6.09 Å².